The lowest BCUT2D eigenvalue weighted by Crippen LogP contribution is -2.36. The summed E-state index contributed by atoms with van der Waals surface area (Å²) in [6.45, 7) is 4.09. The number of fused-ring (bicyclic) bond motifs is 5. The molecule has 4 aromatic rings. The third-order valence-corrected chi connectivity index (χ3v) is 6.76. The van der Waals surface area contributed by atoms with E-state index in [2.05, 4.69) is 81.4 Å². The van der Waals surface area contributed by atoms with Gasteiger partial charge in [0.1, 0.15) is 0 Å². The predicted octanol–water partition coefficient (Wildman–Crippen LogP) is 4.02. The first-order chi connectivity index (χ1) is 16.2. The van der Waals surface area contributed by atoms with Gasteiger partial charge in [-0.15, -0.1) is 0 Å². The van der Waals surface area contributed by atoms with Gasteiger partial charge in [-0.2, -0.15) is 0 Å². The van der Waals surface area contributed by atoms with E-state index in [-0.39, 0.29) is 5.91 Å². The number of aryl methyl sites for hydroxylation is 1. The molecule has 1 fully saturated rings. The molecule has 1 amide bonds. The van der Waals surface area contributed by atoms with E-state index in [1.54, 1.807) is 0 Å². The fourth-order valence-electron chi connectivity index (χ4n) is 5.09. The molecule has 0 spiro atoms. The fourth-order valence-corrected chi connectivity index (χ4v) is 5.09. The molecule has 0 radical (unpaired) electrons. The molecule has 6 rings (SSSR count). The van der Waals surface area contributed by atoms with Crippen LogP contribution in [0.5, 0.6) is 0 Å². The Morgan fingerprint density at radius 1 is 1.06 bits per heavy atom. The largest absolute Gasteiger partial charge is 0.378 e. The minimum absolute atomic E-state index is 0.0236. The van der Waals surface area contributed by atoms with Gasteiger partial charge >= 0.3 is 0 Å². The van der Waals surface area contributed by atoms with Crippen LogP contribution in [-0.4, -0.2) is 48.3 Å². The summed E-state index contributed by atoms with van der Waals surface area (Å²) in [5.41, 5.74) is 6.28. The standard InChI is InChI=1S/C27H26N4O2/c1-30-24-9-10-28-27(32)25(24)22-8-6-19-17-29-20(16-23(19)26(22)30)7-5-18-3-2-4-21(15-18)31-11-13-33-14-12-31/h2-8,15-17H,9-14H2,1H3,(H,28,32). The van der Waals surface area contributed by atoms with E-state index >= 15 is 0 Å². The Hall–Kier alpha value is -3.64. The summed E-state index contributed by atoms with van der Waals surface area (Å²) in [5.74, 6) is 0.0236. The van der Waals surface area contributed by atoms with Crippen molar-refractivity contribution < 1.29 is 9.53 Å². The van der Waals surface area contributed by atoms with E-state index in [1.165, 1.54) is 5.69 Å². The molecule has 0 unspecified atom stereocenters. The van der Waals surface area contributed by atoms with Crippen molar-refractivity contribution in [1.29, 1.82) is 0 Å². The number of amides is 1. The van der Waals surface area contributed by atoms with Crippen LogP contribution in [0.4, 0.5) is 5.69 Å². The van der Waals surface area contributed by atoms with Crippen molar-refractivity contribution in [2.24, 2.45) is 7.05 Å². The van der Waals surface area contributed by atoms with Gasteiger partial charge in [0.2, 0.25) is 0 Å². The highest BCUT2D eigenvalue weighted by Crippen LogP contribution is 2.33. The lowest BCUT2D eigenvalue weighted by molar-refractivity contribution is 0.0947. The number of pyridine rings is 1. The number of morpholine rings is 1. The van der Waals surface area contributed by atoms with E-state index in [1.807, 2.05) is 6.20 Å². The highest BCUT2D eigenvalue weighted by Gasteiger charge is 2.25. The van der Waals surface area contributed by atoms with Crippen molar-refractivity contribution in [2.75, 3.05) is 37.7 Å². The molecule has 166 valence electrons. The summed E-state index contributed by atoms with van der Waals surface area (Å²) >= 11 is 0. The number of ether oxygens (including phenoxy) is 1. The van der Waals surface area contributed by atoms with E-state index in [9.17, 15) is 4.79 Å². The second kappa shape index (κ2) is 8.05. The number of nitrogens with one attached hydrogen (secondary N) is 1. The van der Waals surface area contributed by atoms with Crippen molar-refractivity contribution in [1.82, 2.24) is 14.9 Å². The van der Waals surface area contributed by atoms with Crippen LogP contribution in [0.1, 0.15) is 27.3 Å². The lowest BCUT2D eigenvalue weighted by atomic mass is 10.0. The summed E-state index contributed by atoms with van der Waals surface area (Å²) < 4.78 is 7.66. The Morgan fingerprint density at radius 2 is 1.94 bits per heavy atom. The van der Waals surface area contributed by atoms with Gasteiger partial charge in [0, 0.05) is 66.8 Å². The number of benzene rings is 2. The number of anilines is 1. The molecule has 0 saturated carbocycles. The first-order valence-corrected chi connectivity index (χ1v) is 11.5. The predicted molar refractivity (Wildman–Crippen MR) is 133 cm³/mol. The monoisotopic (exact) mass is 438 g/mol. The highest BCUT2D eigenvalue weighted by atomic mass is 16.5. The van der Waals surface area contributed by atoms with E-state index < -0.39 is 0 Å². The van der Waals surface area contributed by atoms with E-state index in [0.29, 0.717) is 6.54 Å². The third kappa shape index (κ3) is 3.47. The summed E-state index contributed by atoms with van der Waals surface area (Å²) in [7, 11) is 2.06. The fraction of sp³-hybridized carbons (Fsp3) is 0.259. The molecular formula is C27H26N4O2. The van der Waals surface area contributed by atoms with Crippen molar-refractivity contribution in [2.45, 2.75) is 6.42 Å². The summed E-state index contributed by atoms with van der Waals surface area (Å²) in [5, 5.41) is 6.19. The normalized spacial score (nSPS) is 16.5. The number of carbonyl (C=O) groups is 1. The van der Waals surface area contributed by atoms with Gasteiger partial charge < -0.3 is 19.5 Å². The molecule has 1 N–H and O–H groups in total. The van der Waals surface area contributed by atoms with Crippen LogP contribution in [0.25, 0.3) is 33.8 Å². The van der Waals surface area contributed by atoms with Crippen molar-refractivity contribution >= 4 is 45.4 Å². The number of hydrogen-bond acceptors (Lipinski definition) is 4. The Bertz CT molecular complexity index is 1410. The maximum absolute atomic E-state index is 12.6. The second-order valence-corrected chi connectivity index (χ2v) is 8.71. The zero-order valence-corrected chi connectivity index (χ0v) is 18.7. The van der Waals surface area contributed by atoms with Gasteiger partial charge in [-0.1, -0.05) is 30.3 Å². The molecule has 2 aliphatic heterocycles. The average Bonchev–Trinajstić information content (AvgIpc) is 3.17. The van der Waals surface area contributed by atoms with Crippen molar-refractivity contribution in [3.05, 3.63) is 71.2 Å². The van der Waals surface area contributed by atoms with Crippen LogP contribution in [0.3, 0.4) is 0 Å². The van der Waals surface area contributed by atoms with E-state index in [0.717, 1.165) is 76.9 Å². The molecule has 1 saturated heterocycles. The SMILES string of the molecule is Cn1c2c(c3ccc4cnc(C=Cc5cccc(N6CCOCC6)c5)cc4c31)C(=O)NCC2. The molecule has 6 nitrogen and oxygen atoms in total. The Kier molecular flexibility index (Phi) is 4.88. The van der Waals surface area contributed by atoms with Gasteiger partial charge in [-0.25, -0.2) is 0 Å². The summed E-state index contributed by atoms with van der Waals surface area (Å²) in [6.07, 6.45) is 6.95. The van der Waals surface area contributed by atoms with Gasteiger partial charge in [0.25, 0.3) is 5.91 Å². The van der Waals surface area contributed by atoms with E-state index in [4.69, 9.17) is 4.74 Å². The van der Waals surface area contributed by atoms with Crippen molar-refractivity contribution in [3.63, 3.8) is 0 Å². The third-order valence-electron chi connectivity index (χ3n) is 6.76. The molecule has 0 atom stereocenters. The van der Waals surface area contributed by atoms with Crippen LogP contribution in [0.15, 0.2) is 48.7 Å². The number of hydrogen-bond donors (Lipinski definition) is 1. The summed E-state index contributed by atoms with van der Waals surface area (Å²) in [4.78, 5) is 19.6. The Morgan fingerprint density at radius 3 is 2.82 bits per heavy atom. The topological polar surface area (TPSA) is 59.4 Å². The minimum Gasteiger partial charge on any atom is -0.378 e. The average molecular weight is 439 g/mol. The first kappa shape index (κ1) is 20.0. The molecule has 33 heavy (non-hydrogen) atoms. The quantitative estimate of drug-likeness (QED) is 0.525. The molecule has 2 aromatic carbocycles. The van der Waals surface area contributed by atoms with Crippen LogP contribution in [0.2, 0.25) is 0 Å². The minimum atomic E-state index is 0.0236. The summed E-state index contributed by atoms with van der Waals surface area (Å²) in [6, 6.07) is 14.8. The number of nitrogens with zero attached hydrogens (tertiary/aromatic N) is 3. The zero-order valence-electron chi connectivity index (χ0n) is 18.7. The van der Waals surface area contributed by atoms with Gasteiger partial charge in [-0.05, 0) is 29.8 Å². The highest BCUT2D eigenvalue weighted by molar-refractivity contribution is 6.16. The maximum atomic E-state index is 12.6. The molecule has 2 aromatic heterocycles. The van der Waals surface area contributed by atoms with Crippen LogP contribution < -0.4 is 10.2 Å². The van der Waals surface area contributed by atoms with Crippen LogP contribution >= 0.6 is 0 Å². The van der Waals surface area contributed by atoms with Gasteiger partial charge in [-0.3, -0.25) is 9.78 Å². The lowest BCUT2D eigenvalue weighted by Gasteiger charge is -2.29. The molecule has 6 heteroatoms. The van der Waals surface area contributed by atoms with Crippen molar-refractivity contribution in [3.8, 4) is 0 Å². The second-order valence-electron chi connectivity index (χ2n) is 8.71. The Labute approximate surface area is 192 Å². The first-order valence-electron chi connectivity index (χ1n) is 11.5. The molecular weight excluding hydrogens is 412 g/mol. The molecule has 0 aliphatic carbocycles. The molecule has 0 bridgehead atoms. The maximum Gasteiger partial charge on any atom is 0.253 e. The van der Waals surface area contributed by atoms with Gasteiger partial charge in [0.15, 0.2) is 0 Å². The smallest absolute Gasteiger partial charge is 0.253 e. The van der Waals surface area contributed by atoms with Crippen LogP contribution in [-0.2, 0) is 18.2 Å². The number of rotatable bonds is 3. The Balaban J connectivity index is 1.38. The van der Waals surface area contributed by atoms with Gasteiger partial charge in [0.05, 0.1) is 30.0 Å². The number of aromatic nitrogens is 2. The molecule has 2 aliphatic rings. The zero-order chi connectivity index (χ0) is 22.4. The van der Waals surface area contributed by atoms with Crippen LogP contribution in [0, 0.1) is 0 Å². The number of carbonyl (C=O) groups excluding carboxylic acids is 1. The molecule has 4 heterocycles.